The third-order valence-electron chi connectivity index (χ3n) is 1.17. The number of halogens is 1. The van der Waals surface area contributed by atoms with Gasteiger partial charge in [-0.2, -0.15) is 0 Å². The molecule has 0 fully saturated rings. The van der Waals surface area contributed by atoms with Crippen molar-refractivity contribution >= 4 is 15.9 Å². The zero-order valence-corrected chi connectivity index (χ0v) is 6.97. The lowest BCUT2D eigenvalue weighted by Gasteiger charge is -1.96. The average molecular weight is 190 g/mol. The molecule has 0 amide bonds. The summed E-state index contributed by atoms with van der Waals surface area (Å²) >= 11 is 3.24. The molecule has 0 saturated heterocycles. The van der Waals surface area contributed by atoms with Crippen molar-refractivity contribution < 1.29 is 4.52 Å². The van der Waals surface area contributed by atoms with E-state index in [4.69, 9.17) is 4.52 Å². The Morgan fingerprint density at radius 2 is 2.33 bits per heavy atom. The lowest BCUT2D eigenvalue weighted by atomic mass is 10.1. The number of hydrogen-bond acceptors (Lipinski definition) is 2. The maximum Gasteiger partial charge on any atom is 0.205 e. The fourth-order valence-corrected chi connectivity index (χ4v) is 1.25. The molecular formula is C6H8BrNO. The first kappa shape index (κ1) is 6.81. The van der Waals surface area contributed by atoms with Crippen LogP contribution in [0.5, 0.6) is 0 Å². The number of aromatic nitrogens is 1. The summed E-state index contributed by atoms with van der Waals surface area (Å²) in [6.45, 7) is 4.19. The summed E-state index contributed by atoms with van der Waals surface area (Å²) in [5.41, 5.74) is 1.12. The fraction of sp³-hybridized carbons (Fsp3) is 0.500. The maximum atomic E-state index is 4.79. The predicted molar refractivity (Wildman–Crippen MR) is 38.3 cm³/mol. The van der Waals surface area contributed by atoms with Gasteiger partial charge in [-0.3, -0.25) is 0 Å². The van der Waals surface area contributed by atoms with Gasteiger partial charge in [-0.25, -0.2) is 0 Å². The SMILES string of the molecule is CC(C)c1cnoc1Br. The third kappa shape index (κ3) is 1.33. The van der Waals surface area contributed by atoms with Crippen LogP contribution >= 0.6 is 15.9 Å². The van der Waals surface area contributed by atoms with Gasteiger partial charge < -0.3 is 4.52 Å². The van der Waals surface area contributed by atoms with Crippen molar-refractivity contribution in [3.8, 4) is 0 Å². The molecular weight excluding hydrogens is 182 g/mol. The van der Waals surface area contributed by atoms with Crippen LogP contribution in [-0.2, 0) is 0 Å². The molecule has 1 heterocycles. The van der Waals surface area contributed by atoms with E-state index in [1.807, 2.05) is 0 Å². The highest BCUT2D eigenvalue weighted by Gasteiger charge is 2.06. The second kappa shape index (κ2) is 2.52. The van der Waals surface area contributed by atoms with E-state index < -0.39 is 0 Å². The molecule has 50 valence electrons. The minimum Gasteiger partial charge on any atom is -0.349 e. The monoisotopic (exact) mass is 189 g/mol. The Morgan fingerprint density at radius 1 is 1.67 bits per heavy atom. The van der Waals surface area contributed by atoms with Gasteiger partial charge in [0.2, 0.25) is 4.67 Å². The van der Waals surface area contributed by atoms with Crippen molar-refractivity contribution in [2.24, 2.45) is 0 Å². The molecule has 0 N–H and O–H groups in total. The molecule has 1 aromatic rings. The van der Waals surface area contributed by atoms with Crippen molar-refractivity contribution in [3.05, 3.63) is 16.4 Å². The van der Waals surface area contributed by atoms with Gasteiger partial charge >= 0.3 is 0 Å². The van der Waals surface area contributed by atoms with Crippen LogP contribution in [0.2, 0.25) is 0 Å². The second-order valence-electron chi connectivity index (χ2n) is 2.21. The first-order chi connectivity index (χ1) is 4.22. The summed E-state index contributed by atoms with van der Waals surface area (Å²) < 4.78 is 5.54. The Labute approximate surface area is 62.4 Å². The van der Waals surface area contributed by atoms with Crippen molar-refractivity contribution in [3.63, 3.8) is 0 Å². The lowest BCUT2D eigenvalue weighted by molar-refractivity contribution is 0.398. The van der Waals surface area contributed by atoms with Gasteiger partial charge in [0, 0.05) is 5.56 Å². The van der Waals surface area contributed by atoms with Crippen LogP contribution in [0, 0.1) is 0 Å². The second-order valence-corrected chi connectivity index (χ2v) is 2.93. The molecule has 0 unspecified atom stereocenters. The Balaban J connectivity index is 2.94. The van der Waals surface area contributed by atoms with Crippen LogP contribution in [0.1, 0.15) is 25.3 Å². The third-order valence-corrected chi connectivity index (χ3v) is 1.78. The average Bonchev–Trinajstić information content (AvgIpc) is 2.13. The molecule has 0 saturated carbocycles. The van der Waals surface area contributed by atoms with Gasteiger partial charge in [0.15, 0.2) is 0 Å². The molecule has 0 aromatic carbocycles. The Morgan fingerprint density at radius 3 is 2.56 bits per heavy atom. The zero-order chi connectivity index (χ0) is 6.85. The summed E-state index contributed by atoms with van der Waals surface area (Å²) in [7, 11) is 0. The van der Waals surface area contributed by atoms with E-state index in [0.717, 1.165) is 10.2 Å². The van der Waals surface area contributed by atoms with Crippen LogP contribution in [0.3, 0.4) is 0 Å². The molecule has 0 radical (unpaired) electrons. The molecule has 1 aromatic heterocycles. The van der Waals surface area contributed by atoms with E-state index in [2.05, 4.69) is 34.9 Å². The quantitative estimate of drug-likeness (QED) is 0.680. The molecule has 0 spiro atoms. The van der Waals surface area contributed by atoms with Crippen LogP contribution in [0.4, 0.5) is 0 Å². The van der Waals surface area contributed by atoms with Gasteiger partial charge in [-0.1, -0.05) is 19.0 Å². The van der Waals surface area contributed by atoms with Crippen LogP contribution in [0.25, 0.3) is 0 Å². The summed E-state index contributed by atoms with van der Waals surface area (Å²) in [6.07, 6.45) is 1.73. The summed E-state index contributed by atoms with van der Waals surface area (Å²) in [4.78, 5) is 0. The smallest absolute Gasteiger partial charge is 0.205 e. The highest BCUT2D eigenvalue weighted by molar-refractivity contribution is 9.10. The minimum absolute atomic E-state index is 0.477. The van der Waals surface area contributed by atoms with Crippen molar-refractivity contribution in [2.45, 2.75) is 19.8 Å². The van der Waals surface area contributed by atoms with Crippen LogP contribution in [-0.4, -0.2) is 5.16 Å². The van der Waals surface area contributed by atoms with Crippen molar-refractivity contribution in [1.29, 1.82) is 0 Å². The van der Waals surface area contributed by atoms with E-state index in [1.54, 1.807) is 6.20 Å². The van der Waals surface area contributed by atoms with E-state index in [9.17, 15) is 0 Å². The van der Waals surface area contributed by atoms with Gasteiger partial charge in [-0.05, 0) is 21.8 Å². The molecule has 9 heavy (non-hydrogen) atoms. The van der Waals surface area contributed by atoms with E-state index in [1.165, 1.54) is 0 Å². The van der Waals surface area contributed by atoms with Gasteiger partial charge in [0.1, 0.15) is 0 Å². The van der Waals surface area contributed by atoms with Crippen molar-refractivity contribution in [1.82, 2.24) is 5.16 Å². The van der Waals surface area contributed by atoms with Gasteiger partial charge in [0.25, 0.3) is 0 Å². The van der Waals surface area contributed by atoms with Gasteiger partial charge in [0.05, 0.1) is 6.20 Å². The highest BCUT2D eigenvalue weighted by Crippen LogP contribution is 2.23. The van der Waals surface area contributed by atoms with E-state index in [-0.39, 0.29) is 0 Å². The Hall–Kier alpha value is -0.310. The molecule has 1 rings (SSSR count). The molecule has 0 aliphatic carbocycles. The lowest BCUT2D eigenvalue weighted by Crippen LogP contribution is -1.82. The van der Waals surface area contributed by atoms with E-state index >= 15 is 0 Å². The Bertz CT molecular complexity index is 195. The predicted octanol–water partition coefficient (Wildman–Crippen LogP) is 2.56. The zero-order valence-electron chi connectivity index (χ0n) is 5.39. The number of nitrogens with zero attached hydrogens (tertiary/aromatic N) is 1. The standard InChI is InChI=1S/C6H8BrNO/c1-4(2)5-3-8-9-6(5)7/h3-4H,1-2H3. The highest BCUT2D eigenvalue weighted by atomic mass is 79.9. The van der Waals surface area contributed by atoms with Crippen molar-refractivity contribution in [2.75, 3.05) is 0 Å². The van der Waals surface area contributed by atoms with Gasteiger partial charge in [-0.15, -0.1) is 0 Å². The molecule has 0 atom stereocenters. The summed E-state index contributed by atoms with van der Waals surface area (Å²) in [5.74, 6) is 0.477. The largest absolute Gasteiger partial charge is 0.349 e. The summed E-state index contributed by atoms with van der Waals surface area (Å²) in [5, 5.41) is 3.62. The molecule has 0 bridgehead atoms. The molecule has 2 nitrogen and oxygen atoms in total. The maximum absolute atomic E-state index is 4.79. The first-order valence-electron chi connectivity index (χ1n) is 2.82. The molecule has 3 heteroatoms. The van der Waals surface area contributed by atoms with Crippen LogP contribution < -0.4 is 0 Å². The normalized spacial score (nSPS) is 10.7. The number of rotatable bonds is 1. The minimum atomic E-state index is 0.477. The Kier molecular flexibility index (Phi) is 1.90. The fourth-order valence-electron chi connectivity index (χ4n) is 0.609. The molecule has 0 aliphatic rings. The van der Waals surface area contributed by atoms with Crippen LogP contribution in [0.15, 0.2) is 15.4 Å². The topological polar surface area (TPSA) is 26.0 Å². The molecule has 0 aliphatic heterocycles. The number of hydrogen-bond donors (Lipinski definition) is 0. The summed E-state index contributed by atoms with van der Waals surface area (Å²) in [6, 6.07) is 0. The van der Waals surface area contributed by atoms with E-state index in [0.29, 0.717) is 5.92 Å². The first-order valence-corrected chi connectivity index (χ1v) is 3.61.